The molecule has 1 heterocycles. The summed E-state index contributed by atoms with van der Waals surface area (Å²) >= 11 is 0. The molecule has 0 aliphatic carbocycles. The number of hydrogen-bond donors (Lipinski definition) is 0. The molecule has 6 heteroatoms. The summed E-state index contributed by atoms with van der Waals surface area (Å²) in [7, 11) is 0. The summed E-state index contributed by atoms with van der Waals surface area (Å²) < 4.78 is 20.4. The van der Waals surface area contributed by atoms with Crippen LogP contribution in [0, 0.1) is 0 Å². The first-order valence-electron chi connectivity index (χ1n) is 4.04. The number of ether oxygens (including phenoxy) is 4. The molecule has 0 unspecified atom stereocenters. The molecule has 4 nitrogen and oxygen atoms in total. The second kappa shape index (κ2) is 13.3. The topological polar surface area (TPSA) is 36.9 Å². The molecule has 78 valence electrons. The summed E-state index contributed by atoms with van der Waals surface area (Å²) in [6, 6.07) is 0. The molecule has 0 aromatic heterocycles. The van der Waals surface area contributed by atoms with Crippen LogP contribution in [-0.2, 0) is 18.9 Å². The van der Waals surface area contributed by atoms with E-state index in [0.29, 0.717) is 39.6 Å². The molecular formula is C8H14BrLiO4. The smallest absolute Gasteiger partial charge is 1.00 e. The maximum atomic E-state index is 5.18. The van der Waals surface area contributed by atoms with Crippen LogP contribution in [0.15, 0.2) is 12.5 Å². The predicted octanol–water partition coefficient (Wildman–Crippen LogP) is -5.45. The first kappa shape index (κ1) is 16.8. The van der Waals surface area contributed by atoms with E-state index in [1.165, 1.54) is 12.5 Å². The van der Waals surface area contributed by atoms with Gasteiger partial charge in [0.1, 0.15) is 25.7 Å². The van der Waals surface area contributed by atoms with Gasteiger partial charge in [0, 0.05) is 0 Å². The van der Waals surface area contributed by atoms with Gasteiger partial charge < -0.3 is 35.9 Å². The molecule has 0 saturated heterocycles. The molecule has 0 atom stereocenters. The third-order valence-corrected chi connectivity index (χ3v) is 1.31. The Balaban J connectivity index is 0. The van der Waals surface area contributed by atoms with Gasteiger partial charge in [-0.2, -0.15) is 0 Å². The molecule has 0 fully saturated rings. The zero-order valence-corrected chi connectivity index (χ0v) is 9.99. The van der Waals surface area contributed by atoms with Gasteiger partial charge in [-0.05, 0) is 0 Å². The molecule has 0 spiro atoms. The Labute approximate surface area is 107 Å². The Morgan fingerprint density at radius 2 is 1.00 bits per heavy atom. The Kier molecular flexibility index (Phi) is 16.0. The Hall–Kier alpha value is 0.337. The number of hydrogen-bond acceptors (Lipinski definition) is 4. The van der Waals surface area contributed by atoms with Gasteiger partial charge in [-0.3, -0.25) is 0 Å². The van der Waals surface area contributed by atoms with Crippen LogP contribution in [0.4, 0.5) is 0 Å². The Morgan fingerprint density at radius 3 is 1.43 bits per heavy atom. The van der Waals surface area contributed by atoms with Crippen LogP contribution in [0.5, 0.6) is 0 Å². The van der Waals surface area contributed by atoms with E-state index < -0.39 is 0 Å². The van der Waals surface area contributed by atoms with Crippen LogP contribution in [0.1, 0.15) is 0 Å². The van der Waals surface area contributed by atoms with Crippen LogP contribution >= 0.6 is 0 Å². The second-order valence-corrected chi connectivity index (χ2v) is 2.24. The van der Waals surface area contributed by atoms with Crippen molar-refractivity contribution in [3.8, 4) is 0 Å². The molecule has 0 amide bonds. The largest absolute Gasteiger partial charge is 1.00 e. The van der Waals surface area contributed by atoms with E-state index in [-0.39, 0.29) is 35.8 Å². The average molecular weight is 261 g/mol. The number of rotatable bonds is 0. The van der Waals surface area contributed by atoms with Gasteiger partial charge in [-0.25, -0.2) is 0 Å². The summed E-state index contributed by atoms with van der Waals surface area (Å²) in [4.78, 5) is 0. The van der Waals surface area contributed by atoms with Crippen LogP contribution < -0.4 is 35.8 Å². The maximum absolute atomic E-state index is 5.18. The normalized spacial score (nSPS) is 18.3. The van der Waals surface area contributed by atoms with Crippen molar-refractivity contribution in [2.45, 2.75) is 0 Å². The second-order valence-electron chi connectivity index (χ2n) is 2.24. The van der Waals surface area contributed by atoms with E-state index in [2.05, 4.69) is 0 Å². The van der Waals surface area contributed by atoms with Gasteiger partial charge in [0.25, 0.3) is 0 Å². The fraction of sp³-hybridized carbons (Fsp3) is 0.750. The van der Waals surface area contributed by atoms with Crippen LogP contribution in [-0.4, -0.2) is 39.6 Å². The SMILES string of the molecule is C1=COCCOCCOCCO1.[Br-].[Li+]. The van der Waals surface area contributed by atoms with E-state index in [9.17, 15) is 0 Å². The van der Waals surface area contributed by atoms with Crippen LogP contribution in [0.2, 0.25) is 0 Å². The first-order valence-corrected chi connectivity index (χ1v) is 4.04. The molecular weight excluding hydrogens is 247 g/mol. The van der Waals surface area contributed by atoms with Crippen molar-refractivity contribution in [1.29, 1.82) is 0 Å². The van der Waals surface area contributed by atoms with Gasteiger partial charge in [-0.1, -0.05) is 0 Å². The average Bonchev–Trinajstić information content (AvgIpc) is 2.05. The molecule has 0 bridgehead atoms. The minimum absolute atomic E-state index is 0. The summed E-state index contributed by atoms with van der Waals surface area (Å²) in [5.41, 5.74) is 0. The van der Waals surface area contributed by atoms with Crippen molar-refractivity contribution in [3.05, 3.63) is 12.5 Å². The standard InChI is InChI=1S/C8H14O4.BrH.Li/c1-2-10-5-6-12-8-7-11-4-3-9-1;;/h1-2H,3-8H2;1H;/q;;+1/p-1. The number of halogens is 1. The van der Waals surface area contributed by atoms with Gasteiger partial charge in [0.15, 0.2) is 0 Å². The molecule has 1 aliphatic rings. The summed E-state index contributed by atoms with van der Waals surface area (Å²) in [6.07, 6.45) is 3.04. The summed E-state index contributed by atoms with van der Waals surface area (Å²) in [5, 5.41) is 0. The van der Waals surface area contributed by atoms with Gasteiger partial charge >= 0.3 is 18.9 Å². The van der Waals surface area contributed by atoms with Crippen LogP contribution in [0.25, 0.3) is 0 Å². The molecule has 1 rings (SSSR count). The minimum atomic E-state index is 0. The molecule has 0 radical (unpaired) electrons. The van der Waals surface area contributed by atoms with Crippen molar-refractivity contribution in [2.75, 3.05) is 39.6 Å². The predicted molar refractivity (Wildman–Crippen MR) is 42.7 cm³/mol. The van der Waals surface area contributed by atoms with E-state index in [1.807, 2.05) is 0 Å². The molecule has 0 aromatic carbocycles. The van der Waals surface area contributed by atoms with Crippen LogP contribution in [0.3, 0.4) is 0 Å². The summed E-state index contributed by atoms with van der Waals surface area (Å²) in [6.45, 7) is 3.53. The van der Waals surface area contributed by atoms with Gasteiger partial charge in [-0.15, -0.1) is 0 Å². The van der Waals surface area contributed by atoms with Crippen molar-refractivity contribution in [2.24, 2.45) is 0 Å². The molecule has 0 N–H and O–H groups in total. The van der Waals surface area contributed by atoms with E-state index in [0.717, 1.165) is 0 Å². The van der Waals surface area contributed by atoms with E-state index >= 15 is 0 Å². The first-order chi connectivity index (χ1) is 6.00. The maximum Gasteiger partial charge on any atom is 1.00 e. The van der Waals surface area contributed by atoms with Crippen molar-refractivity contribution in [1.82, 2.24) is 0 Å². The van der Waals surface area contributed by atoms with Gasteiger partial charge in [0.05, 0.1) is 26.4 Å². The third-order valence-electron chi connectivity index (χ3n) is 1.31. The zero-order chi connectivity index (χ0) is 8.49. The fourth-order valence-electron chi connectivity index (χ4n) is 0.751. The van der Waals surface area contributed by atoms with Crippen molar-refractivity contribution >= 4 is 0 Å². The quantitative estimate of drug-likeness (QED) is 0.408. The fourth-order valence-corrected chi connectivity index (χ4v) is 0.751. The molecule has 0 saturated carbocycles. The minimum Gasteiger partial charge on any atom is -1.00 e. The van der Waals surface area contributed by atoms with Crippen molar-refractivity contribution < 1.29 is 54.8 Å². The molecule has 14 heavy (non-hydrogen) atoms. The molecule has 1 aliphatic heterocycles. The van der Waals surface area contributed by atoms with Gasteiger partial charge in [0.2, 0.25) is 0 Å². The van der Waals surface area contributed by atoms with E-state index in [4.69, 9.17) is 18.9 Å². The summed E-state index contributed by atoms with van der Waals surface area (Å²) in [5.74, 6) is 0. The molecule has 0 aromatic rings. The van der Waals surface area contributed by atoms with E-state index in [1.54, 1.807) is 0 Å². The Morgan fingerprint density at radius 1 is 0.643 bits per heavy atom. The third kappa shape index (κ3) is 10.4. The van der Waals surface area contributed by atoms with Crippen molar-refractivity contribution in [3.63, 3.8) is 0 Å². The zero-order valence-electron chi connectivity index (χ0n) is 8.41. The Bertz CT molecular complexity index is 121. The monoisotopic (exact) mass is 260 g/mol.